The molecule has 1 amide bonds. The van der Waals surface area contributed by atoms with Crippen molar-refractivity contribution >= 4 is 17.4 Å². The van der Waals surface area contributed by atoms with Crippen molar-refractivity contribution in [3.05, 3.63) is 35.3 Å². The lowest BCUT2D eigenvalue weighted by atomic mass is 9.71. The Bertz CT molecular complexity index is 1020. The Hall–Kier alpha value is -2.78. The van der Waals surface area contributed by atoms with Crippen LogP contribution in [0.5, 0.6) is 0 Å². The molecule has 4 rings (SSSR count). The number of aromatic nitrogens is 4. The maximum Gasteiger partial charge on any atom is 0.434 e. The molecule has 10 heteroatoms. The fourth-order valence-corrected chi connectivity index (χ4v) is 4.88. The normalized spacial score (nSPS) is 22.7. The van der Waals surface area contributed by atoms with Crippen molar-refractivity contribution in [1.29, 1.82) is 0 Å². The first-order chi connectivity index (χ1) is 15.5. The van der Waals surface area contributed by atoms with Crippen molar-refractivity contribution < 1.29 is 18.0 Å². The summed E-state index contributed by atoms with van der Waals surface area (Å²) in [7, 11) is 1.90. The number of alkyl halides is 3. The van der Waals surface area contributed by atoms with Gasteiger partial charge in [0.2, 0.25) is 5.91 Å². The third kappa shape index (κ3) is 4.94. The van der Waals surface area contributed by atoms with Gasteiger partial charge in [-0.2, -0.15) is 13.2 Å². The molecule has 0 spiro atoms. The minimum atomic E-state index is -4.46. The monoisotopic (exact) mass is 462 g/mol. The maximum atomic E-state index is 12.6. The molecule has 0 bridgehead atoms. The van der Waals surface area contributed by atoms with Gasteiger partial charge in [-0.1, -0.05) is 13.8 Å². The number of fused-ring (bicyclic) bond motifs is 1. The van der Waals surface area contributed by atoms with Gasteiger partial charge in [0.15, 0.2) is 11.5 Å². The summed E-state index contributed by atoms with van der Waals surface area (Å²) in [6, 6.07) is -0.263. The van der Waals surface area contributed by atoms with E-state index in [9.17, 15) is 18.0 Å². The van der Waals surface area contributed by atoms with Crippen molar-refractivity contribution in [2.24, 2.45) is 17.8 Å². The minimum Gasteiger partial charge on any atom is -0.346 e. The summed E-state index contributed by atoms with van der Waals surface area (Å²) in [6.07, 6.45) is 1.92. The van der Waals surface area contributed by atoms with E-state index in [1.165, 1.54) is 6.20 Å². The van der Waals surface area contributed by atoms with Crippen LogP contribution in [-0.4, -0.2) is 38.9 Å². The number of halogens is 3. The molecule has 2 aliphatic rings. The van der Waals surface area contributed by atoms with Crippen molar-refractivity contribution in [3.8, 4) is 0 Å². The van der Waals surface area contributed by atoms with Crippen LogP contribution in [0, 0.1) is 24.7 Å². The Morgan fingerprint density at radius 3 is 2.48 bits per heavy atom. The summed E-state index contributed by atoms with van der Waals surface area (Å²) in [6.45, 7) is 5.93. The fraction of sp³-hybridized carbons (Fsp3) is 0.609. The second kappa shape index (κ2) is 8.87. The van der Waals surface area contributed by atoms with Crippen molar-refractivity contribution in [3.63, 3.8) is 0 Å². The molecule has 1 saturated carbocycles. The Morgan fingerprint density at radius 1 is 1.15 bits per heavy atom. The number of anilines is 2. The van der Waals surface area contributed by atoms with Crippen LogP contribution in [0.15, 0.2) is 12.4 Å². The minimum absolute atomic E-state index is 0.0287. The predicted octanol–water partition coefficient (Wildman–Crippen LogP) is 4.21. The highest BCUT2D eigenvalue weighted by molar-refractivity contribution is 6.03. The average Bonchev–Trinajstić information content (AvgIpc) is 2.70. The summed E-state index contributed by atoms with van der Waals surface area (Å²) in [4.78, 5) is 31.2. The van der Waals surface area contributed by atoms with E-state index >= 15 is 0 Å². The molecule has 1 aliphatic heterocycles. The molecule has 1 aliphatic carbocycles. The summed E-state index contributed by atoms with van der Waals surface area (Å²) >= 11 is 0. The number of hydrogen-bond acceptors (Lipinski definition) is 6. The number of carbonyl (C=O) groups is 1. The summed E-state index contributed by atoms with van der Waals surface area (Å²) in [5.74, 6) is 2.68. The summed E-state index contributed by atoms with van der Waals surface area (Å²) in [5, 5.41) is 2.97. The van der Waals surface area contributed by atoms with E-state index < -0.39 is 11.9 Å². The first kappa shape index (κ1) is 23.4. The van der Waals surface area contributed by atoms with Crippen LogP contribution < -0.4 is 10.2 Å². The molecule has 2 aromatic rings. The number of hydrogen-bond donors (Lipinski definition) is 1. The number of nitrogens with one attached hydrogen (secondary N) is 1. The van der Waals surface area contributed by atoms with Gasteiger partial charge in [-0.25, -0.2) is 15.0 Å². The van der Waals surface area contributed by atoms with Crippen molar-refractivity contribution in [1.82, 2.24) is 19.9 Å². The number of amides is 1. The highest BCUT2D eigenvalue weighted by Crippen LogP contribution is 2.40. The summed E-state index contributed by atoms with van der Waals surface area (Å²) in [5.41, 5.74) is 1.09. The van der Waals surface area contributed by atoms with Crippen molar-refractivity contribution in [2.75, 3.05) is 17.3 Å². The third-order valence-corrected chi connectivity index (χ3v) is 6.63. The second-order valence-corrected chi connectivity index (χ2v) is 9.55. The second-order valence-electron chi connectivity index (χ2n) is 9.55. The van der Waals surface area contributed by atoms with Gasteiger partial charge in [0.05, 0.1) is 17.6 Å². The molecular weight excluding hydrogens is 433 g/mol. The largest absolute Gasteiger partial charge is 0.434 e. The Kier molecular flexibility index (Phi) is 6.28. The standard InChI is InChI=1S/C23H29F3N6O/c1-12(2)20-22(33)31-19-13(3)29-18(30-21(19)32(20)4)9-15-7-14(8-15)5-6-16-10-28-17(11-27-16)23(24,25)26/h10-12,14-15,20H,5-9H2,1-4H3,(H,31,33)/t14?,15?,20-/m0/s1. The highest BCUT2D eigenvalue weighted by atomic mass is 19.4. The van der Waals surface area contributed by atoms with Crippen LogP contribution in [0.25, 0.3) is 0 Å². The number of carbonyl (C=O) groups excluding carboxylic acids is 1. The van der Waals surface area contributed by atoms with Gasteiger partial charge in [-0.05, 0) is 50.4 Å². The van der Waals surface area contributed by atoms with Gasteiger partial charge in [-0.15, -0.1) is 0 Å². The molecule has 1 N–H and O–H groups in total. The molecule has 0 unspecified atom stereocenters. The van der Waals surface area contributed by atoms with Crippen molar-refractivity contribution in [2.45, 2.75) is 65.1 Å². The van der Waals surface area contributed by atoms with Crippen LogP contribution in [0.1, 0.15) is 56.0 Å². The van der Waals surface area contributed by atoms with Crippen LogP contribution in [0.3, 0.4) is 0 Å². The summed E-state index contributed by atoms with van der Waals surface area (Å²) < 4.78 is 37.8. The Morgan fingerprint density at radius 2 is 1.88 bits per heavy atom. The molecule has 3 heterocycles. The van der Waals surface area contributed by atoms with Crippen LogP contribution in [0.2, 0.25) is 0 Å². The van der Waals surface area contributed by atoms with E-state index in [0.717, 1.165) is 49.2 Å². The predicted molar refractivity (Wildman–Crippen MR) is 118 cm³/mol. The SMILES string of the molecule is Cc1nc(CC2CC(CCc3cnc(C(F)(F)F)cn3)C2)nc2c1NC(=O)[C@H](C(C)C)N2C. The van der Waals surface area contributed by atoms with E-state index in [1.54, 1.807) is 0 Å². The molecule has 0 radical (unpaired) electrons. The smallest absolute Gasteiger partial charge is 0.346 e. The van der Waals surface area contributed by atoms with E-state index in [1.807, 2.05) is 32.7 Å². The molecule has 1 atom stereocenters. The molecule has 178 valence electrons. The zero-order valence-corrected chi connectivity index (χ0v) is 19.3. The average molecular weight is 463 g/mol. The van der Waals surface area contributed by atoms with E-state index in [4.69, 9.17) is 4.98 Å². The Labute approximate surface area is 191 Å². The zero-order chi connectivity index (χ0) is 23.9. The number of nitrogens with zero attached hydrogens (tertiary/aromatic N) is 5. The molecular formula is C23H29F3N6O. The number of likely N-dealkylation sites (N-methyl/N-ethyl adjacent to an activating group) is 1. The van der Waals surface area contributed by atoms with Gasteiger partial charge >= 0.3 is 6.18 Å². The van der Waals surface area contributed by atoms with E-state index in [2.05, 4.69) is 20.3 Å². The maximum absolute atomic E-state index is 12.6. The fourth-order valence-electron chi connectivity index (χ4n) is 4.88. The number of aryl methyl sites for hydroxylation is 2. The molecule has 0 saturated heterocycles. The van der Waals surface area contributed by atoms with E-state index in [0.29, 0.717) is 29.6 Å². The lowest BCUT2D eigenvalue weighted by Crippen LogP contribution is -2.49. The first-order valence-corrected chi connectivity index (χ1v) is 11.3. The van der Waals surface area contributed by atoms with Crippen LogP contribution >= 0.6 is 0 Å². The molecule has 1 fully saturated rings. The molecule has 0 aromatic carbocycles. The van der Waals surface area contributed by atoms with Gasteiger partial charge in [0.1, 0.15) is 17.6 Å². The highest BCUT2D eigenvalue weighted by Gasteiger charge is 2.36. The number of rotatable bonds is 6. The van der Waals surface area contributed by atoms with Gasteiger partial charge in [0, 0.05) is 19.7 Å². The van der Waals surface area contributed by atoms with Gasteiger partial charge in [0.25, 0.3) is 0 Å². The topological polar surface area (TPSA) is 83.9 Å². The quantitative estimate of drug-likeness (QED) is 0.693. The molecule has 2 aromatic heterocycles. The van der Waals surface area contributed by atoms with Crippen LogP contribution in [0.4, 0.5) is 24.7 Å². The van der Waals surface area contributed by atoms with Crippen LogP contribution in [-0.2, 0) is 23.8 Å². The van der Waals surface area contributed by atoms with Gasteiger partial charge < -0.3 is 10.2 Å². The first-order valence-electron chi connectivity index (χ1n) is 11.3. The molecule has 33 heavy (non-hydrogen) atoms. The zero-order valence-electron chi connectivity index (χ0n) is 19.3. The molecule has 7 nitrogen and oxygen atoms in total. The third-order valence-electron chi connectivity index (χ3n) is 6.63. The lowest BCUT2D eigenvalue weighted by molar-refractivity contribution is -0.141. The van der Waals surface area contributed by atoms with E-state index in [-0.39, 0.29) is 17.9 Å². The lowest BCUT2D eigenvalue weighted by Gasteiger charge is -2.38. The Balaban J connectivity index is 1.32. The van der Waals surface area contributed by atoms with Gasteiger partial charge in [-0.3, -0.25) is 9.78 Å².